The van der Waals surface area contributed by atoms with E-state index in [4.69, 9.17) is 15.0 Å². The third-order valence-electron chi connectivity index (χ3n) is 3.78. The van der Waals surface area contributed by atoms with Gasteiger partial charge in [0.15, 0.2) is 5.58 Å². The summed E-state index contributed by atoms with van der Waals surface area (Å²) in [6.07, 6.45) is 0. The van der Waals surface area contributed by atoms with Crippen LogP contribution in [-0.4, -0.2) is 16.6 Å². The lowest BCUT2D eigenvalue weighted by molar-refractivity contribution is -0.120. The Morgan fingerprint density at radius 1 is 1.20 bits per heavy atom. The van der Waals surface area contributed by atoms with Crippen molar-refractivity contribution in [3.63, 3.8) is 0 Å². The normalized spacial score (nSPS) is 11.6. The first kappa shape index (κ1) is 17.0. The molecular formula is C19H21N3O3. The van der Waals surface area contributed by atoms with Gasteiger partial charge in [-0.25, -0.2) is 0 Å². The highest BCUT2D eigenvalue weighted by Crippen LogP contribution is 2.33. The van der Waals surface area contributed by atoms with Crippen LogP contribution >= 0.6 is 0 Å². The second-order valence-corrected chi connectivity index (χ2v) is 6.71. The summed E-state index contributed by atoms with van der Waals surface area (Å²) in [6.45, 7) is 7.16. The molecule has 3 aromatic rings. The van der Waals surface area contributed by atoms with Gasteiger partial charge < -0.3 is 20.3 Å². The number of rotatable bonds is 4. The lowest BCUT2D eigenvalue weighted by Crippen LogP contribution is -2.45. The fraction of sp³-hybridized carbons (Fsp3) is 0.263. The van der Waals surface area contributed by atoms with Gasteiger partial charge in [-0.3, -0.25) is 4.79 Å². The van der Waals surface area contributed by atoms with Gasteiger partial charge in [-0.1, -0.05) is 5.16 Å². The van der Waals surface area contributed by atoms with Crippen LogP contribution in [0.4, 0.5) is 5.69 Å². The summed E-state index contributed by atoms with van der Waals surface area (Å²) in [5, 5.41) is 7.62. The Labute approximate surface area is 145 Å². The van der Waals surface area contributed by atoms with E-state index in [2.05, 4.69) is 10.5 Å². The maximum Gasteiger partial charge on any atom is 0.243 e. The number of nitrogens with zero attached hydrogens (tertiary/aromatic N) is 1. The van der Waals surface area contributed by atoms with Crippen LogP contribution in [0.15, 0.2) is 40.9 Å². The molecule has 0 atom stereocenters. The fourth-order valence-corrected chi connectivity index (χ4v) is 2.42. The molecule has 6 nitrogen and oxygen atoms in total. The first-order valence-electron chi connectivity index (χ1n) is 7.99. The maximum absolute atomic E-state index is 11.9. The average Bonchev–Trinajstić information content (AvgIpc) is 2.89. The number of amides is 1. The number of nitrogens with two attached hydrogens (primary N) is 1. The Morgan fingerprint density at radius 2 is 1.88 bits per heavy atom. The molecule has 3 rings (SSSR count). The van der Waals surface area contributed by atoms with Crippen LogP contribution < -0.4 is 15.8 Å². The standard InChI is InChI=1S/C19H21N3O3/c1-11-9-15(17-12(2)22-25-16(17)10-11)24-14-7-5-13(6-8-14)21-18(23)19(3,4)20/h5-10H,20H2,1-4H3,(H,21,23). The molecule has 0 aliphatic carbocycles. The van der Waals surface area contributed by atoms with Crippen LogP contribution in [0.3, 0.4) is 0 Å². The molecule has 1 aromatic heterocycles. The SMILES string of the molecule is Cc1cc(Oc2ccc(NC(=O)C(C)(C)N)cc2)c2c(C)noc2c1. The third-order valence-corrected chi connectivity index (χ3v) is 3.78. The van der Waals surface area contributed by atoms with Gasteiger partial charge in [-0.2, -0.15) is 0 Å². The predicted molar refractivity (Wildman–Crippen MR) is 96.9 cm³/mol. The van der Waals surface area contributed by atoms with Crippen molar-refractivity contribution in [1.29, 1.82) is 0 Å². The van der Waals surface area contributed by atoms with Gasteiger partial charge in [0.2, 0.25) is 5.91 Å². The second kappa shape index (κ2) is 6.22. The minimum atomic E-state index is -0.936. The van der Waals surface area contributed by atoms with Gasteiger partial charge in [0.05, 0.1) is 16.6 Å². The van der Waals surface area contributed by atoms with E-state index in [1.54, 1.807) is 38.1 Å². The van der Waals surface area contributed by atoms with Gasteiger partial charge in [-0.15, -0.1) is 0 Å². The fourth-order valence-electron chi connectivity index (χ4n) is 2.42. The van der Waals surface area contributed by atoms with Crippen LogP contribution in [0, 0.1) is 13.8 Å². The summed E-state index contributed by atoms with van der Waals surface area (Å²) in [4.78, 5) is 11.9. The number of carbonyl (C=O) groups excluding carboxylic acids is 1. The molecule has 0 aliphatic rings. The molecule has 1 amide bonds. The van der Waals surface area contributed by atoms with Crippen LogP contribution in [0.2, 0.25) is 0 Å². The molecule has 0 bridgehead atoms. The molecule has 25 heavy (non-hydrogen) atoms. The molecule has 0 saturated heterocycles. The zero-order valence-electron chi connectivity index (χ0n) is 14.7. The topological polar surface area (TPSA) is 90.4 Å². The second-order valence-electron chi connectivity index (χ2n) is 6.71. The molecule has 3 N–H and O–H groups in total. The van der Waals surface area contributed by atoms with Crippen molar-refractivity contribution < 1.29 is 14.1 Å². The van der Waals surface area contributed by atoms with E-state index in [-0.39, 0.29) is 5.91 Å². The van der Waals surface area contributed by atoms with E-state index in [0.29, 0.717) is 22.8 Å². The van der Waals surface area contributed by atoms with Crippen molar-refractivity contribution in [3.05, 3.63) is 47.7 Å². The Kier molecular flexibility index (Phi) is 4.22. The smallest absolute Gasteiger partial charge is 0.243 e. The van der Waals surface area contributed by atoms with Crippen molar-refractivity contribution in [3.8, 4) is 11.5 Å². The molecule has 0 unspecified atom stereocenters. The number of fused-ring (bicyclic) bond motifs is 1. The molecular weight excluding hydrogens is 318 g/mol. The number of hydrogen-bond acceptors (Lipinski definition) is 5. The Morgan fingerprint density at radius 3 is 2.52 bits per heavy atom. The molecule has 0 radical (unpaired) electrons. The highest BCUT2D eigenvalue weighted by Gasteiger charge is 2.21. The summed E-state index contributed by atoms with van der Waals surface area (Å²) in [5.74, 6) is 1.09. The number of carbonyl (C=O) groups is 1. The number of nitrogens with one attached hydrogen (secondary N) is 1. The third kappa shape index (κ3) is 3.64. The minimum absolute atomic E-state index is 0.248. The summed E-state index contributed by atoms with van der Waals surface area (Å²) < 4.78 is 11.3. The Bertz CT molecular complexity index is 921. The Hall–Kier alpha value is -2.86. The van der Waals surface area contributed by atoms with E-state index in [0.717, 1.165) is 16.6 Å². The number of benzene rings is 2. The predicted octanol–water partition coefficient (Wildman–Crippen LogP) is 3.91. The monoisotopic (exact) mass is 339 g/mol. The van der Waals surface area contributed by atoms with Crippen molar-refractivity contribution in [2.75, 3.05) is 5.32 Å². The van der Waals surface area contributed by atoms with E-state index < -0.39 is 5.54 Å². The van der Waals surface area contributed by atoms with Crippen molar-refractivity contribution >= 4 is 22.6 Å². The zero-order valence-corrected chi connectivity index (χ0v) is 14.7. The molecule has 1 heterocycles. The molecule has 2 aromatic carbocycles. The number of aryl methyl sites for hydroxylation is 2. The average molecular weight is 339 g/mol. The first-order valence-corrected chi connectivity index (χ1v) is 7.99. The van der Waals surface area contributed by atoms with Crippen LogP contribution in [0.1, 0.15) is 25.1 Å². The van der Waals surface area contributed by atoms with Crippen molar-refractivity contribution in [2.24, 2.45) is 5.73 Å². The highest BCUT2D eigenvalue weighted by molar-refractivity contribution is 5.97. The lowest BCUT2D eigenvalue weighted by atomic mass is 10.1. The summed E-state index contributed by atoms with van der Waals surface area (Å²) in [7, 11) is 0. The van der Waals surface area contributed by atoms with Crippen molar-refractivity contribution in [2.45, 2.75) is 33.2 Å². The number of ether oxygens (including phenoxy) is 1. The van der Waals surface area contributed by atoms with Gasteiger partial charge in [-0.05, 0) is 69.7 Å². The molecule has 0 saturated carbocycles. The van der Waals surface area contributed by atoms with Gasteiger partial charge in [0.1, 0.15) is 11.5 Å². The highest BCUT2D eigenvalue weighted by atomic mass is 16.5. The van der Waals surface area contributed by atoms with E-state index >= 15 is 0 Å². The maximum atomic E-state index is 11.9. The van der Waals surface area contributed by atoms with Crippen LogP contribution in [0.25, 0.3) is 11.0 Å². The summed E-state index contributed by atoms with van der Waals surface area (Å²) >= 11 is 0. The van der Waals surface area contributed by atoms with E-state index in [1.165, 1.54) is 0 Å². The number of hydrogen-bond donors (Lipinski definition) is 2. The number of aromatic nitrogens is 1. The van der Waals surface area contributed by atoms with Gasteiger partial charge >= 0.3 is 0 Å². The minimum Gasteiger partial charge on any atom is -0.457 e. The zero-order chi connectivity index (χ0) is 18.2. The van der Waals surface area contributed by atoms with E-state index in [9.17, 15) is 4.79 Å². The van der Waals surface area contributed by atoms with Crippen molar-refractivity contribution in [1.82, 2.24) is 5.16 Å². The lowest BCUT2D eigenvalue weighted by Gasteiger charge is -2.17. The quantitative estimate of drug-likeness (QED) is 0.752. The Balaban J connectivity index is 1.83. The first-order chi connectivity index (χ1) is 11.7. The largest absolute Gasteiger partial charge is 0.457 e. The molecule has 0 fully saturated rings. The van der Waals surface area contributed by atoms with Crippen LogP contribution in [-0.2, 0) is 4.79 Å². The van der Waals surface area contributed by atoms with Gasteiger partial charge in [0, 0.05) is 5.69 Å². The molecule has 130 valence electrons. The summed E-state index contributed by atoms with van der Waals surface area (Å²) in [6, 6.07) is 11.0. The van der Waals surface area contributed by atoms with Gasteiger partial charge in [0.25, 0.3) is 0 Å². The van der Waals surface area contributed by atoms with Crippen LogP contribution in [0.5, 0.6) is 11.5 Å². The van der Waals surface area contributed by atoms with E-state index in [1.807, 2.05) is 26.0 Å². The molecule has 0 spiro atoms. The molecule has 6 heteroatoms. The number of anilines is 1. The molecule has 0 aliphatic heterocycles. The summed E-state index contributed by atoms with van der Waals surface area (Å²) in [5.41, 5.74) is 7.99.